The van der Waals surface area contributed by atoms with E-state index in [1.54, 1.807) is 0 Å². The summed E-state index contributed by atoms with van der Waals surface area (Å²) in [6.07, 6.45) is 3.33. The fraction of sp³-hybridized carbons (Fsp3) is 0.857. The largest absolute Gasteiger partial charge is 0.481 e. The first-order valence-corrected chi connectivity index (χ1v) is 7.11. The Hall–Kier alpha value is -1.26. The highest BCUT2D eigenvalue weighted by Crippen LogP contribution is 2.33. The van der Waals surface area contributed by atoms with Crippen molar-refractivity contribution in [2.75, 3.05) is 19.6 Å². The summed E-state index contributed by atoms with van der Waals surface area (Å²) in [5.74, 6) is -0.856. The average Bonchev–Trinajstić information content (AvgIpc) is 2.36. The van der Waals surface area contributed by atoms with Gasteiger partial charge >= 0.3 is 12.0 Å². The van der Waals surface area contributed by atoms with Crippen LogP contribution in [0.5, 0.6) is 0 Å². The minimum absolute atomic E-state index is 0.0350. The van der Waals surface area contributed by atoms with Crippen LogP contribution < -0.4 is 5.32 Å². The molecular weight excluding hydrogens is 244 g/mol. The maximum atomic E-state index is 12.0. The van der Waals surface area contributed by atoms with Gasteiger partial charge in [-0.05, 0) is 24.2 Å². The van der Waals surface area contributed by atoms with Crippen LogP contribution in [0.3, 0.4) is 0 Å². The minimum Gasteiger partial charge on any atom is -0.481 e. The van der Waals surface area contributed by atoms with Gasteiger partial charge in [0.25, 0.3) is 0 Å². The van der Waals surface area contributed by atoms with Gasteiger partial charge in [-0.1, -0.05) is 27.2 Å². The van der Waals surface area contributed by atoms with Gasteiger partial charge in [-0.15, -0.1) is 0 Å². The summed E-state index contributed by atoms with van der Waals surface area (Å²) in [4.78, 5) is 24.3. The molecule has 5 nitrogen and oxygen atoms in total. The molecule has 2 N–H and O–H groups in total. The molecule has 1 unspecified atom stereocenters. The van der Waals surface area contributed by atoms with E-state index in [-0.39, 0.29) is 18.4 Å². The molecule has 1 saturated heterocycles. The van der Waals surface area contributed by atoms with Gasteiger partial charge in [-0.2, -0.15) is 0 Å². The fourth-order valence-corrected chi connectivity index (χ4v) is 2.35. The van der Waals surface area contributed by atoms with E-state index in [2.05, 4.69) is 19.2 Å². The van der Waals surface area contributed by atoms with Crippen LogP contribution in [0.1, 0.15) is 46.5 Å². The van der Waals surface area contributed by atoms with E-state index in [4.69, 9.17) is 5.11 Å². The number of hydrogen-bond donors (Lipinski definition) is 2. The van der Waals surface area contributed by atoms with Crippen LogP contribution in [-0.4, -0.2) is 41.6 Å². The average molecular weight is 270 g/mol. The first kappa shape index (κ1) is 15.8. The number of urea groups is 1. The fourth-order valence-electron chi connectivity index (χ4n) is 2.35. The number of likely N-dealkylation sites (tertiary alicyclic amines) is 1. The number of nitrogens with one attached hydrogen (secondary N) is 1. The van der Waals surface area contributed by atoms with Gasteiger partial charge in [-0.25, -0.2) is 4.79 Å². The Kier molecular flexibility index (Phi) is 5.63. The molecule has 1 fully saturated rings. The molecule has 5 heteroatoms. The molecule has 1 aliphatic rings. The molecular formula is C14H26N2O3. The third-order valence-corrected chi connectivity index (χ3v) is 4.24. The van der Waals surface area contributed by atoms with Crippen molar-refractivity contribution in [2.24, 2.45) is 11.3 Å². The third kappa shape index (κ3) is 5.09. The van der Waals surface area contributed by atoms with Gasteiger partial charge in [0.05, 0.1) is 0 Å². The number of carboxylic acids is 1. The van der Waals surface area contributed by atoms with Crippen LogP contribution in [0, 0.1) is 11.3 Å². The SMILES string of the molecule is CCC1(C)CCN(C(=O)NCC(C)CC(=O)O)CC1. The molecule has 110 valence electrons. The molecule has 19 heavy (non-hydrogen) atoms. The molecule has 0 aromatic rings. The Labute approximate surface area is 115 Å². The molecule has 2 amide bonds. The summed E-state index contributed by atoms with van der Waals surface area (Å²) in [5.41, 5.74) is 0.368. The zero-order chi connectivity index (χ0) is 14.5. The van der Waals surface area contributed by atoms with Crippen LogP contribution >= 0.6 is 0 Å². The van der Waals surface area contributed by atoms with E-state index >= 15 is 0 Å². The predicted molar refractivity (Wildman–Crippen MR) is 74.0 cm³/mol. The quantitative estimate of drug-likeness (QED) is 0.805. The standard InChI is InChI=1S/C14H26N2O3/c1-4-14(3)5-7-16(8-6-14)13(19)15-10-11(2)9-12(17)18/h11H,4-10H2,1-3H3,(H,15,19)(H,17,18). The van der Waals surface area contributed by atoms with Crippen LogP contribution in [0.2, 0.25) is 0 Å². The van der Waals surface area contributed by atoms with E-state index in [1.165, 1.54) is 0 Å². The van der Waals surface area contributed by atoms with Crippen molar-refractivity contribution in [2.45, 2.75) is 46.5 Å². The number of aliphatic carboxylic acids is 1. The summed E-state index contributed by atoms with van der Waals surface area (Å²) in [6.45, 7) is 8.32. The number of rotatable bonds is 5. The van der Waals surface area contributed by atoms with Crippen molar-refractivity contribution < 1.29 is 14.7 Å². The highest BCUT2D eigenvalue weighted by Gasteiger charge is 2.30. The lowest BCUT2D eigenvalue weighted by Gasteiger charge is -2.38. The third-order valence-electron chi connectivity index (χ3n) is 4.24. The zero-order valence-electron chi connectivity index (χ0n) is 12.2. The smallest absolute Gasteiger partial charge is 0.317 e. The lowest BCUT2D eigenvalue weighted by atomic mass is 9.78. The second kappa shape index (κ2) is 6.78. The minimum atomic E-state index is -0.821. The second-order valence-electron chi connectivity index (χ2n) is 6.04. The number of carbonyl (C=O) groups excluding carboxylic acids is 1. The normalized spacial score (nSPS) is 19.8. The van der Waals surface area contributed by atoms with Crippen LogP contribution in [0.25, 0.3) is 0 Å². The van der Waals surface area contributed by atoms with Crippen LogP contribution in [0.4, 0.5) is 4.79 Å². The molecule has 0 aromatic carbocycles. The molecule has 0 radical (unpaired) electrons. The summed E-state index contributed by atoms with van der Waals surface area (Å²) < 4.78 is 0. The lowest BCUT2D eigenvalue weighted by Crippen LogP contribution is -2.47. The van der Waals surface area contributed by atoms with Gasteiger partial charge in [0.2, 0.25) is 0 Å². The summed E-state index contributed by atoms with van der Waals surface area (Å²) in [7, 11) is 0. The van der Waals surface area contributed by atoms with Gasteiger partial charge in [-0.3, -0.25) is 4.79 Å². The molecule has 0 spiro atoms. The number of carboxylic acid groups (broad SMARTS) is 1. The molecule has 0 aliphatic carbocycles. The summed E-state index contributed by atoms with van der Waals surface area (Å²) in [6, 6.07) is -0.0598. The van der Waals surface area contributed by atoms with Gasteiger partial charge in [0.1, 0.15) is 0 Å². The van der Waals surface area contributed by atoms with E-state index < -0.39 is 5.97 Å². The molecule has 0 aromatic heterocycles. The Morgan fingerprint density at radius 3 is 2.42 bits per heavy atom. The lowest BCUT2D eigenvalue weighted by molar-refractivity contribution is -0.137. The number of amides is 2. The Morgan fingerprint density at radius 2 is 1.95 bits per heavy atom. The highest BCUT2D eigenvalue weighted by atomic mass is 16.4. The first-order valence-electron chi connectivity index (χ1n) is 7.11. The number of hydrogen-bond acceptors (Lipinski definition) is 2. The van der Waals surface area contributed by atoms with E-state index in [0.717, 1.165) is 32.4 Å². The molecule has 1 rings (SSSR count). The van der Waals surface area contributed by atoms with Crippen molar-refractivity contribution in [3.05, 3.63) is 0 Å². The van der Waals surface area contributed by atoms with Crippen molar-refractivity contribution in [1.29, 1.82) is 0 Å². The topological polar surface area (TPSA) is 69.6 Å². The van der Waals surface area contributed by atoms with Gasteiger partial charge < -0.3 is 15.3 Å². The molecule has 1 atom stereocenters. The Bertz CT molecular complexity index is 323. The summed E-state index contributed by atoms with van der Waals surface area (Å²) in [5, 5.41) is 11.5. The van der Waals surface area contributed by atoms with Crippen molar-refractivity contribution >= 4 is 12.0 Å². The molecule has 1 aliphatic heterocycles. The van der Waals surface area contributed by atoms with Crippen molar-refractivity contribution in [3.8, 4) is 0 Å². The summed E-state index contributed by atoms with van der Waals surface area (Å²) >= 11 is 0. The first-order chi connectivity index (χ1) is 8.86. The molecule has 0 saturated carbocycles. The van der Waals surface area contributed by atoms with Gasteiger partial charge in [0, 0.05) is 26.1 Å². The number of nitrogens with zero attached hydrogens (tertiary/aromatic N) is 1. The molecule has 1 heterocycles. The van der Waals surface area contributed by atoms with Crippen molar-refractivity contribution in [1.82, 2.24) is 10.2 Å². The maximum Gasteiger partial charge on any atom is 0.317 e. The second-order valence-corrected chi connectivity index (χ2v) is 6.04. The van der Waals surface area contributed by atoms with Crippen LogP contribution in [-0.2, 0) is 4.79 Å². The Morgan fingerprint density at radius 1 is 1.37 bits per heavy atom. The van der Waals surface area contributed by atoms with Gasteiger partial charge in [0.15, 0.2) is 0 Å². The Balaban J connectivity index is 2.30. The predicted octanol–water partition coefficient (Wildman–Crippen LogP) is 2.32. The number of piperidine rings is 1. The van der Waals surface area contributed by atoms with Crippen molar-refractivity contribution in [3.63, 3.8) is 0 Å². The van der Waals surface area contributed by atoms with E-state index in [0.29, 0.717) is 12.0 Å². The van der Waals surface area contributed by atoms with E-state index in [1.807, 2.05) is 11.8 Å². The molecule has 0 bridgehead atoms. The monoisotopic (exact) mass is 270 g/mol. The van der Waals surface area contributed by atoms with Crippen LogP contribution in [0.15, 0.2) is 0 Å². The number of carbonyl (C=O) groups is 2. The highest BCUT2D eigenvalue weighted by molar-refractivity contribution is 5.74. The van der Waals surface area contributed by atoms with E-state index in [9.17, 15) is 9.59 Å². The maximum absolute atomic E-state index is 12.0. The zero-order valence-corrected chi connectivity index (χ0v) is 12.2.